The van der Waals surface area contributed by atoms with E-state index in [4.69, 9.17) is 9.47 Å². The highest BCUT2D eigenvalue weighted by Gasteiger charge is 2.24. The summed E-state index contributed by atoms with van der Waals surface area (Å²) in [6.45, 7) is 4.42. The van der Waals surface area contributed by atoms with E-state index in [1.54, 1.807) is 24.3 Å². The van der Waals surface area contributed by atoms with Crippen LogP contribution in [0.4, 0.5) is 0 Å². The van der Waals surface area contributed by atoms with Gasteiger partial charge in [-0.1, -0.05) is 28.1 Å². The highest BCUT2D eigenvalue weighted by molar-refractivity contribution is 9.10. The van der Waals surface area contributed by atoms with E-state index >= 15 is 0 Å². The second-order valence-corrected chi connectivity index (χ2v) is 7.64. The first-order chi connectivity index (χ1) is 13.0. The fourth-order valence-corrected chi connectivity index (χ4v) is 3.52. The predicted molar refractivity (Wildman–Crippen MR) is 107 cm³/mol. The Hall–Kier alpha value is -1.73. The summed E-state index contributed by atoms with van der Waals surface area (Å²) in [7, 11) is 0. The van der Waals surface area contributed by atoms with Crippen molar-refractivity contribution < 1.29 is 19.4 Å². The smallest absolute Gasteiger partial charge is 0.159 e. The Morgan fingerprint density at radius 2 is 2.11 bits per heavy atom. The Balaban J connectivity index is 1.48. The van der Waals surface area contributed by atoms with Gasteiger partial charge in [0.05, 0.1) is 12.7 Å². The van der Waals surface area contributed by atoms with Crippen LogP contribution in [0.1, 0.15) is 28.9 Å². The number of nitrogens with zero attached hydrogens (tertiary/aromatic N) is 1. The van der Waals surface area contributed by atoms with E-state index in [2.05, 4.69) is 33.0 Å². The van der Waals surface area contributed by atoms with Gasteiger partial charge in [0.1, 0.15) is 18.5 Å². The van der Waals surface area contributed by atoms with Crippen molar-refractivity contribution in [2.45, 2.75) is 19.1 Å². The summed E-state index contributed by atoms with van der Waals surface area (Å²) in [5, 5.41) is 10.3. The van der Waals surface area contributed by atoms with E-state index in [0.29, 0.717) is 24.5 Å². The molecule has 2 atom stereocenters. The van der Waals surface area contributed by atoms with Crippen LogP contribution in [0.3, 0.4) is 0 Å². The molecule has 6 heteroatoms. The summed E-state index contributed by atoms with van der Waals surface area (Å²) in [6.07, 6.45) is -0.595. The maximum absolute atomic E-state index is 11.3. The predicted octanol–water partition coefficient (Wildman–Crippen LogP) is 3.46. The molecule has 0 bridgehead atoms. The van der Waals surface area contributed by atoms with E-state index in [9.17, 15) is 9.90 Å². The molecular weight excluding hydrogens is 410 g/mol. The SMILES string of the molecule is CC(=O)c1ccc(OCC(O)CN2CCOC(c3cccc(Br)c3)C2)cc1. The normalized spacial score (nSPS) is 18.9. The van der Waals surface area contributed by atoms with Crippen LogP contribution in [0.2, 0.25) is 0 Å². The lowest BCUT2D eigenvalue weighted by atomic mass is 10.1. The molecule has 2 aromatic rings. The molecule has 1 aliphatic heterocycles. The van der Waals surface area contributed by atoms with Gasteiger partial charge in [-0.15, -0.1) is 0 Å². The Morgan fingerprint density at radius 1 is 1.33 bits per heavy atom. The van der Waals surface area contributed by atoms with Gasteiger partial charge in [-0.3, -0.25) is 9.69 Å². The van der Waals surface area contributed by atoms with Gasteiger partial charge in [0.2, 0.25) is 0 Å². The second-order valence-electron chi connectivity index (χ2n) is 6.72. The standard InChI is InChI=1S/C21H24BrNO4/c1-15(24)16-5-7-20(8-6-16)27-14-19(25)12-23-9-10-26-21(13-23)17-3-2-4-18(22)11-17/h2-8,11,19,21,25H,9-10,12-14H2,1H3. The highest BCUT2D eigenvalue weighted by atomic mass is 79.9. The molecule has 144 valence electrons. The van der Waals surface area contributed by atoms with Crippen LogP contribution in [-0.4, -0.2) is 54.7 Å². The third-order valence-corrected chi connectivity index (χ3v) is 5.04. The van der Waals surface area contributed by atoms with Crippen molar-refractivity contribution >= 4 is 21.7 Å². The Kier molecular flexibility index (Phi) is 7.01. The second kappa shape index (κ2) is 9.46. The number of β-amino-alcohol motifs (C(OH)–C–C–N with tert-alkyl or cyclic N) is 1. The first kappa shape index (κ1) is 20.0. The first-order valence-electron chi connectivity index (χ1n) is 9.02. The number of carbonyl (C=O) groups excluding carboxylic acids is 1. The van der Waals surface area contributed by atoms with Crippen molar-refractivity contribution in [3.63, 3.8) is 0 Å². The lowest BCUT2D eigenvalue weighted by molar-refractivity contribution is -0.0459. The number of rotatable bonds is 7. The van der Waals surface area contributed by atoms with Crippen LogP contribution in [0, 0.1) is 0 Å². The van der Waals surface area contributed by atoms with Gasteiger partial charge in [-0.25, -0.2) is 0 Å². The number of hydrogen-bond acceptors (Lipinski definition) is 5. The zero-order chi connectivity index (χ0) is 19.2. The molecule has 0 aliphatic carbocycles. The van der Waals surface area contributed by atoms with Gasteiger partial charge in [-0.2, -0.15) is 0 Å². The van der Waals surface area contributed by atoms with Crippen molar-refractivity contribution in [2.24, 2.45) is 0 Å². The van der Waals surface area contributed by atoms with Crippen LogP contribution in [0.25, 0.3) is 0 Å². The molecule has 2 unspecified atom stereocenters. The minimum absolute atomic E-state index is 0.00323. The number of halogens is 1. The minimum Gasteiger partial charge on any atom is -0.491 e. The quantitative estimate of drug-likeness (QED) is 0.677. The summed E-state index contributed by atoms with van der Waals surface area (Å²) in [6, 6.07) is 15.1. The number of ether oxygens (including phenoxy) is 2. The summed E-state index contributed by atoms with van der Waals surface area (Å²) < 4.78 is 12.6. The van der Waals surface area contributed by atoms with Crippen LogP contribution in [0.5, 0.6) is 5.75 Å². The number of benzene rings is 2. The van der Waals surface area contributed by atoms with Crippen LogP contribution < -0.4 is 4.74 Å². The molecule has 27 heavy (non-hydrogen) atoms. The number of carbonyl (C=O) groups is 1. The molecule has 0 radical (unpaired) electrons. The Labute approximate surface area is 168 Å². The molecule has 5 nitrogen and oxygen atoms in total. The van der Waals surface area contributed by atoms with E-state index in [1.165, 1.54) is 6.92 Å². The molecule has 1 saturated heterocycles. The third-order valence-electron chi connectivity index (χ3n) is 4.54. The molecule has 0 saturated carbocycles. The zero-order valence-corrected chi connectivity index (χ0v) is 16.9. The van der Waals surface area contributed by atoms with Crippen LogP contribution >= 0.6 is 15.9 Å². The van der Waals surface area contributed by atoms with Crippen LogP contribution in [-0.2, 0) is 4.74 Å². The lowest BCUT2D eigenvalue weighted by Gasteiger charge is -2.34. The average Bonchev–Trinajstić information content (AvgIpc) is 2.67. The van der Waals surface area contributed by atoms with Gasteiger partial charge in [0.25, 0.3) is 0 Å². The molecule has 1 N–H and O–H groups in total. The van der Waals surface area contributed by atoms with E-state index in [1.807, 2.05) is 12.1 Å². The van der Waals surface area contributed by atoms with Crippen molar-refractivity contribution in [1.29, 1.82) is 0 Å². The number of aliphatic hydroxyl groups excluding tert-OH is 1. The number of ketones is 1. The summed E-state index contributed by atoms with van der Waals surface area (Å²) in [4.78, 5) is 13.5. The zero-order valence-electron chi connectivity index (χ0n) is 15.3. The Bertz CT molecular complexity index is 765. The largest absolute Gasteiger partial charge is 0.491 e. The summed E-state index contributed by atoms with van der Waals surface area (Å²) in [5.41, 5.74) is 1.78. The highest BCUT2D eigenvalue weighted by Crippen LogP contribution is 2.25. The van der Waals surface area contributed by atoms with Crippen molar-refractivity contribution in [2.75, 3.05) is 32.8 Å². The molecule has 2 aromatic carbocycles. The summed E-state index contributed by atoms with van der Waals surface area (Å²) in [5.74, 6) is 0.668. The number of hydrogen-bond donors (Lipinski definition) is 1. The molecular formula is C21H24BrNO4. The maximum Gasteiger partial charge on any atom is 0.159 e. The van der Waals surface area contributed by atoms with Crippen LogP contribution in [0.15, 0.2) is 53.0 Å². The number of aliphatic hydroxyl groups is 1. The molecule has 0 spiro atoms. The molecule has 1 heterocycles. The van der Waals surface area contributed by atoms with Crippen molar-refractivity contribution in [1.82, 2.24) is 4.90 Å². The topological polar surface area (TPSA) is 59.0 Å². The minimum atomic E-state index is -0.598. The third kappa shape index (κ3) is 5.87. The fourth-order valence-electron chi connectivity index (χ4n) is 3.11. The average molecular weight is 434 g/mol. The van der Waals surface area contributed by atoms with Gasteiger partial charge in [-0.05, 0) is 48.9 Å². The van der Waals surface area contributed by atoms with Gasteiger partial charge < -0.3 is 14.6 Å². The lowest BCUT2D eigenvalue weighted by Crippen LogP contribution is -2.43. The molecule has 0 amide bonds. The number of morpholine rings is 1. The molecule has 1 aliphatic rings. The fraction of sp³-hybridized carbons (Fsp3) is 0.381. The van der Waals surface area contributed by atoms with Gasteiger partial charge in [0, 0.05) is 29.7 Å². The maximum atomic E-state index is 11.3. The van der Waals surface area contributed by atoms with Crippen molar-refractivity contribution in [3.8, 4) is 5.75 Å². The number of Topliss-reactive ketones (excluding diaryl/α,β-unsaturated/α-hetero) is 1. The molecule has 0 aromatic heterocycles. The monoisotopic (exact) mass is 433 g/mol. The Morgan fingerprint density at radius 3 is 2.81 bits per heavy atom. The van der Waals surface area contributed by atoms with Gasteiger partial charge in [0.15, 0.2) is 5.78 Å². The summed E-state index contributed by atoms with van der Waals surface area (Å²) >= 11 is 3.49. The molecule has 1 fully saturated rings. The first-order valence-corrected chi connectivity index (χ1v) is 9.82. The van der Waals surface area contributed by atoms with Gasteiger partial charge >= 0.3 is 0 Å². The van der Waals surface area contributed by atoms with Crippen molar-refractivity contribution in [3.05, 3.63) is 64.1 Å². The van der Waals surface area contributed by atoms with E-state index in [-0.39, 0.29) is 18.5 Å². The molecule has 3 rings (SSSR count). The van der Waals surface area contributed by atoms with E-state index < -0.39 is 6.10 Å². The van der Waals surface area contributed by atoms with E-state index in [0.717, 1.165) is 23.1 Å².